The molecule has 6 unspecified atom stereocenters. The molecule has 1 aliphatic heterocycles. The third-order valence-electron chi connectivity index (χ3n) is 13.1. The first-order chi connectivity index (χ1) is 30.5. The molecule has 312 valence electrons. The number of aromatic hydroxyl groups is 6. The minimum absolute atomic E-state index is 0.195. The fraction of sp³-hybridized carbons (Fsp3) is 0.125. The average molecular weight is 843 g/mol. The van der Waals surface area contributed by atoms with E-state index in [1.165, 1.54) is 13.7 Å². The van der Waals surface area contributed by atoms with E-state index in [4.69, 9.17) is 19.9 Å². The summed E-state index contributed by atoms with van der Waals surface area (Å²) in [6.07, 6.45) is 7.24. The quantitative estimate of drug-likeness (QED) is 0.0355. The van der Waals surface area contributed by atoms with E-state index in [0.29, 0.717) is 79.1 Å². The highest BCUT2D eigenvalue weighted by Crippen LogP contribution is 2.63. The van der Waals surface area contributed by atoms with Crippen molar-refractivity contribution in [1.82, 2.24) is 13.7 Å². The summed E-state index contributed by atoms with van der Waals surface area (Å²) in [5.41, 5.74) is 10.2. The first-order valence-electron chi connectivity index (χ1n) is 20.1. The molecule has 4 aromatic carbocycles. The summed E-state index contributed by atoms with van der Waals surface area (Å²) < 4.78 is 20.8. The van der Waals surface area contributed by atoms with Crippen molar-refractivity contribution < 1.29 is 54.4 Å². The number of nitrogen functional groups attached to an aromatic ring is 1. The number of carbonyl (C=O) groups excluding carboxylic acids is 2. The van der Waals surface area contributed by atoms with Crippen LogP contribution in [0.4, 0.5) is 5.69 Å². The number of esters is 2. The molecule has 0 spiro atoms. The zero-order chi connectivity index (χ0) is 43.2. The van der Waals surface area contributed by atoms with Crippen molar-refractivity contribution in [1.29, 1.82) is 0 Å². The van der Waals surface area contributed by atoms with E-state index in [1.54, 1.807) is 109 Å². The van der Waals surface area contributed by atoms with Gasteiger partial charge in [-0.1, -0.05) is 24.3 Å². The van der Waals surface area contributed by atoms with E-state index in [-0.39, 0.29) is 35.3 Å². The van der Waals surface area contributed by atoms with E-state index in [1.807, 2.05) is 12.2 Å². The molecule has 15 heteroatoms. The maximum absolute atomic E-state index is 12.5. The van der Waals surface area contributed by atoms with Gasteiger partial charge in [0, 0.05) is 62.7 Å². The molecule has 14 rings (SSSR count). The highest BCUT2D eigenvalue weighted by Gasteiger charge is 2.59. The SMILES string of the molecule is Nc1ccc(Oc2ccc(-n3c(O)c4c(c3O)C3C=CC4c4c3c(O)n(-c3ccc(Oc5ccc(-n6c(O)c7c(c6O)C6C=CC7C7C(=O)OC(=O)C67)cc5)cc3)c4O)cc2)cc1. The predicted molar refractivity (Wildman–Crippen MR) is 224 cm³/mol. The predicted octanol–water partition coefficient (Wildman–Crippen LogP) is 7.67. The maximum atomic E-state index is 12.5. The van der Waals surface area contributed by atoms with Crippen molar-refractivity contribution in [2.75, 3.05) is 5.73 Å². The monoisotopic (exact) mass is 842 g/mol. The van der Waals surface area contributed by atoms with Crippen molar-refractivity contribution >= 4 is 17.6 Å². The van der Waals surface area contributed by atoms with Gasteiger partial charge in [0.05, 0.1) is 28.9 Å². The molecule has 4 bridgehead atoms. The average Bonchev–Trinajstić information content (AvgIpc) is 3.96. The lowest BCUT2D eigenvalue weighted by Crippen LogP contribution is -2.36. The second kappa shape index (κ2) is 12.8. The smallest absolute Gasteiger partial charge is 0.318 e. The first kappa shape index (κ1) is 36.4. The van der Waals surface area contributed by atoms with E-state index < -0.39 is 47.4 Å². The van der Waals surface area contributed by atoms with Crippen LogP contribution in [-0.4, -0.2) is 56.3 Å². The van der Waals surface area contributed by atoms with Gasteiger partial charge in [0.1, 0.15) is 23.0 Å². The van der Waals surface area contributed by atoms with E-state index >= 15 is 0 Å². The van der Waals surface area contributed by atoms with Crippen LogP contribution < -0.4 is 15.2 Å². The fourth-order valence-corrected chi connectivity index (χ4v) is 10.4. The molecule has 7 aliphatic rings. The number of benzene rings is 4. The minimum atomic E-state index is -0.753. The number of aromatic nitrogens is 3. The van der Waals surface area contributed by atoms with Crippen molar-refractivity contribution in [3.8, 4) is 75.3 Å². The second-order valence-electron chi connectivity index (χ2n) is 16.3. The van der Waals surface area contributed by atoms with Crippen LogP contribution in [0.3, 0.4) is 0 Å². The second-order valence-corrected chi connectivity index (χ2v) is 16.3. The maximum Gasteiger partial charge on any atom is 0.318 e. The Morgan fingerprint density at radius 1 is 0.413 bits per heavy atom. The van der Waals surface area contributed by atoms with Crippen molar-refractivity contribution in [3.63, 3.8) is 0 Å². The van der Waals surface area contributed by atoms with Crippen LogP contribution in [0, 0.1) is 11.8 Å². The first-order valence-corrected chi connectivity index (χ1v) is 20.1. The number of cyclic esters (lactones) is 2. The van der Waals surface area contributed by atoms with Crippen LogP contribution in [0.2, 0.25) is 0 Å². The Morgan fingerprint density at radius 2 is 0.698 bits per heavy atom. The van der Waals surface area contributed by atoms with E-state index in [9.17, 15) is 40.2 Å². The van der Waals surface area contributed by atoms with Gasteiger partial charge >= 0.3 is 11.9 Å². The van der Waals surface area contributed by atoms with E-state index in [2.05, 4.69) is 0 Å². The summed E-state index contributed by atoms with van der Waals surface area (Å²) in [6.45, 7) is 0. The lowest BCUT2D eigenvalue weighted by atomic mass is 9.61. The number of hydrogen-bond acceptors (Lipinski definition) is 12. The molecular formula is C48H34N4O11. The Morgan fingerprint density at radius 3 is 1.02 bits per heavy atom. The standard InChI is InChI=1S/C48H34N4O11/c49-21-1-9-25(10-2-21)61-26-11-3-22(4-12-26)50-41(53)33-29-17-18-30(34(33)42(50)54)36-35(29)43(55)51(44(36)56)23-5-13-27(14-6-23)62-28-15-7-24(8-16-28)52-45(57)37-31-19-20-32(38(37)46(52)58)40-39(31)47(59)63-48(40)60/h1-20,29-32,39-40,53-58H,49H2. The molecular weight excluding hydrogens is 809 g/mol. The van der Waals surface area contributed by atoms with Crippen LogP contribution in [0.5, 0.6) is 58.3 Å². The summed E-state index contributed by atoms with van der Waals surface area (Å²) in [5, 5.41) is 69.4. The minimum Gasteiger partial charge on any atom is -0.494 e. The lowest BCUT2D eigenvalue weighted by Gasteiger charge is -2.37. The molecule has 1 saturated heterocycles. The van der Waals surface area contributed by atoms with Gasteiger partial charge in [-0.3, -0.25) is 23.3 Å². The Labute approximate surface area is 356 Å². The molecule has 3 aromatic heterocycles. The van der Waals surface area contributed by atoms with E-state index in [0.717, 1.165) is 0 Å². The summed E-state index contributed by atoms with van der Waals surface area (Å²) in [5.74, 6) is -4.61. The van der Waals surface area contributed by atoms with Crippen molar-refractivity contribution in [2.45, 2.75) is 23.7 Å². The lowest BCUT2D eigenvalue weighted by molar-refractivity contribution is -0.153. The summed E-state index contributed by atoms with van der Waals surface area (Å²) in [6, 6.07) is 27.1. The molecule has 1 fully saturated rings. The number of allylic oxidation sites excluding steroid dienone is 4. The van der Waals surface area contributed by atoms with Crippen molar-refractivity contribution in [3.05, 3.63) is 155 Å². The zero-order valence-electron chi connectivity index (χ0n) is 32.7. The third kappa shape index (κ3) is 4.95. The number of carbonyl (C=O) groups is 2. The Hall–Kier alpha value is -8.46. The topological polar surface area (TPSA) is 224 Å². The molecule has 15 nitrogen and oxygen atoms in total. The van der Waals surface area contributed by atoms with Crippen LogP contribution in [0.25, 0.3) is 17.1 Å². The van der Waals surface area contributed by atoms with Crippen LogP contribution >= 0.6 is 0 Å². The number of nitrogens with zero attached hydrogens (tertiary/aromatic N) is 3. The molecule has 4 heterocycles. The van der Waals surface area contributed by atoms with Crippen LogP contribution in [0.1, 0.15) is 57.1 Å². The fourth-order valence-electron chi connectivity index (χ4n) is 10.4. The number of hydrogen-bond donors (Lipinski definition) is 7. The Balaban J connectivity index is 0.789. The van der Waals surface area contributed by atoms with Gasteiger partial charge in [-0.05, 0) is 97.1 Å². The molecule has 6 aliphatic carbocycles. The van der Waals surface area contributed by atoms with Crippen molar-refractivity contribution in [2.24, 2.45) is 11.8 Å². The molecule has 6 atom stereocenters. The molecule has 63 heavy (non-hydrogen) atoms. The molecule has 7 aromatic rings. The Bertz CT molecular complexity index is 3060. The highest BCUT2D eigenvalue weighted by atomic mass is 16.6. The number of rotatable bonds is 7. The van der Waals surface area contributed by atoms with Gasteiger partial charge in [0.25, 0.3) is 0 Å². The number of ether oxygens (including phenoxy) is 3. The van der Waals surface area contributed by atoms with Gasteiger partial charge in [-0.15, -0.1) is 0 Å². The molecule has 0 amide bonds. The highest BCUT2D eigenvalue weighted by molar-refractivity contribution is 5.99. The summed E-state index contributed by atoms with van der Waals surface area (Å²) in [4.78, 5) is 25.0. The molecule has 8 N–H and O–H groups in total. The zero-order valence-corrected chi connectivity index (χ0v) is 32.7. The van der Waals surface area contributed by atoms with Gasteiger partial charge in [0.15, 0.2) is 0 Å². The van der Waals surface area contributed by atoms with Gasteiger partial charge in [0.2, 0.25) is 35.3 Å². The number of anilines is 1. The number of nitrogens with two attached hydrogens (primary N) is 1. The molecule has 0 radical (unpaired) electrons. The Kier molecular flexibility index (Phi) is 7.38. The summed E-state index contributed by atoms with van der Waals surface area (Å²) in [7, 11) is 0. The largest absolute Gasteiger partial charge is 0.494 e. The van der Waals surface area contributed by atoms with Gasteiger partial charge in [-0.25, -0.2) is 0 Å². The van der Waals surface area contributed by atoms with Crippen LogP contribution in [0.15, 0.2) is 121 Å². The van der Waals surface area contributed by atoms with Gasteiger partial charge in [-0.2, -0.15) is 0 Å². The van der Waals surface area contributed by atoms with Gasteiger partial charge < -0.3 is 50.6 Å². The normalized spacial score (nSPS) is 21.8. The van der Waals surface area contributed by atoms with Crippen LogP contribution in [-0.2, 0) is 14.3 Å². The summed E-state index contributed by atoms with van der Waals surface area (Å²) >= 11 is 0. The third-order valence-corrected chi connectivity index (χ3v) is 13.1. The molecule has 0 saturated carbocycles.